The van der Waals surface area contributed by atoms with Crippen LogP contribution in [0.3, 0.4) is 0 Å². The van der Waals surface area contributed by atoms with Gasteiger partial charge >= 0.3 is 0 Å². The highest BCUT2D eigenvalue weighted by Gasteiger charge is 2.15. The summed E-state index contributed by atoms with van der Waals surface area (Å²) in [7, 11) is 1.67. The van der Waals surface area contributed by atoms with E-state index in [1.54, 1.807) is 10.9 Å². The van der Waals surface area contributed by atoms with Crippen LogP contribution in [0.1, 0.15) is 26.2 Å². The molecule has 0 aromatic heterocycles. The van der Waals surface area contributed by atoms with E-state index in [4.69, 9.17) is 0 Å². The maximum Gasteiger partial charge on any atom is 0.0471 e. The molecular formula is C8H15NS. The molecular weight excluding hydrogens is 142 g/mol. The first-order chi connectivity index (χ1) is 4.88. The van der Waals surface area contributed by atoms with Gasteiger partial charge in [-0.2, -0.15) is 0 Å². The normalized spacial score (nSPS) is 19.9. The first-order valence-electron chi connectivity index (χ1n) is 3.91. The average molecular weight is 157 g/mol. The van der Waals surface area contributed by atoms with Crippen LogP contribution in [0.5, 0.6) is 0 Å². The van der Waals surface area contributed by atoms with E-state index >= 15 is 0 Å². The largest absolute Gasteiger partial charge is 0.270 e. The van der Waals surface area contributed by atoms with Gasteiger partial charge in [0.25, 0.3) is 0 Å². The van der Waals surface area contributed by atoms with Gasteiger partial charge in [-0.05, 0) is 25.1 Å². The molecule has 0 aliphatic carbocycles. The summed E-state index contributed by atoms with van der Waals surface area (Å²) in [5.41, 5.74) is 0. The maximum atomic E-state index is 3.84. The number of hydrogen-bond acceptors (Lipinski definition) is 0. The molecule has 0 spiro atoms. The van der Waals surface area contributed by atoms with Crippen LogP contribution < -0.4 is 0 Å². The third-order valence-electron chi connectivity index (χ3n) is 1.83. The Morgan fingerprint density at radius 2 is 2.50 bits per heavy atom. The predicted octanol–water partition coefficient (Wildman–Crippen LogP) is 1.79. The molecule has 1 heterocycles. The van der Waals surface area contributed by atoms with Crippen LogP contribution in [0, 0.1) is 0 Å². The molecule has 58 valence electrons. The minimum absolute atomic E-state index is 1.22. The maximum absolute atomic E-state index is 3.84. The highest BCUT2D eigenvalue weighted by molar-refractivity contribution is 7.95. The van der Waals surface area contributed by atoms with Gasteiger partial charge < -0.3 is 0 Å². The van der Waals surface area contributed by atoms with Crippen molar-refractivity contribution in [3.63, 3.8) is 0 Å². The van der Waals surface area contributed by atoms with E-state index in [0.29, 0.717) is 0 Å². The Balaban J connectivity index is 2.50. The molecule has 0 bridgehead atoms. The van der Waals surface area contributed by atoms with Gasteiger partial charge in [-0.3, -0.25) is 4.90 Å². The molecule has 0 aromatic rings. The van der Waals surface area contributed by atoms with E-state index in [1.165, 1.54) is 37.3 Å². The third-order valence-corrected chi connectivity index (χ3v) is 2.63. The summed E-state index contributed by atoms with van der Waals surface area (Å²) in [6.45, 7) is 4.70. The summed E-state index contributed by atoms with van der Waals surface area (Å²) < 4.78 is 0. The van der Waals surface area contributed by atoms with Crippen LogP contribution in [-0.2, 0) is 0 Å². The molecule has 0 N–H and O–H groups in total. The van der Waals surface area contributed by atoms with E-state index in [9.17, 15) is 0 Å². The van der Waals surface area contributed by atoms with Crippen molar-refractivity contribution in [1.29, 1.82) is 0 Å². The lowest BCUT2D eigenvalue weighted by molar-refractivity contribution is 0.457. The Hall–Kier alpha value is -0.0800. The molecule has 1 aliphatic heterocycles. The lowest BCUT2D eigenvalue weighted by Gasteiger charge is -2.13. The van der Waals surface area contributed by atoms with Crippen LogP contribution in [0.15, 0.2) is 0 Å². The number of hydrogen-bond donors (Lipinski definition) is 0. The molecule has 0 radical (unpaired) electrons. The highest BCUT2D eigenvalue weighted by atomic mass is 32.1. The van der Waals surface area contributed by atoms with E-state index in [2.05, 4.69) is 17.7 Å². The molecule has 0 unspecified atom stereocenters. The molecule has 0 aromatic carbocycles. The fraction of sp³-hybridized carbons (Fsp3) is 0.750. The van der Waals surface area contributed by atoms with E-state index < -0.39 is 0 Å². The zero-order chi connectivity index (χ0) is 7.40. The van der Waals surface area contributed by atoms with Gasteiger partial charge in [0.15, 0.2) is 0 Å². The molecule has 0 atom stereocenters. The van der Waals surface area contributed by atoms with Gasteiger partial charge in [0.1, 0.15) is 0 Å². The Morgan fingerprint density at radius 3 is 3.10 bits per heavy atom. The van der Waals surface area contributed by atoms with Crippen molar-refractivity contribution in [2.24, 2.45) is 0 Å². The average Bonchev–Trinajstić information content (AvgIpc) is 2.36. The van der Waals surface area contributed by atoms with Crippen molar-refractivity contribution in [3.8, 4) is 0 Å². The zero-order valence-electron chi connectivity index (χ0n) is 6.60. The summed E-state index contributed by atoms with van der Waals surface area (Å²) >= 11 is 0. The zero-order valence-corrected chi connectivity index (χ0v) is 7.41. The molecule has 0 amide bonds. The molecule has 1 rings (SSSR count). The van der Waals surface area contributed by atoms with Crippen molar-refractivity contribution >= 4 is 21.8 Å². The second kappa shape index (κ2) is 3.94. The van der Waals surface area contributed by atoms with Crippen molar-refractivity contribution in [1.82, 2.24) is 4.90 Å². The molecule has 2 heteroatoms. The lowest BCUT2D eigenvalue weighted by Crippen LogP contribution is -2.23. The third kappa shape index (κ3) is 1.70. The molecule has 0 saturated carbocycles. The number of likely N-dealkylation sites (tertiary alicyclic amines) is 1. The smallest absolute Gasteiger partial charge is 0.0471 e. The van der Waals surface area contributed by atoms with Gasteiger partial charge in [-0.25, -0.2) is 0 Å². The van der Waals surface area contributed by atoms with Crippen LogP contribution >= 0.6 is 10.9 Å². The minimum atomic E-state index is 1.22. The monoisotopic (exact) mass is 157 g/mol. The molecule has 1 saturated heterocycles. The predicted molar refractivity (Wildman–Crippen MR) is 50.8 cm³/mol. The highest BCUT2D eigenvalue weighted by Crippen LogP contribution is 2.12. The van der Waals surface area contributed by atoms with Gasteiger partial charge in [0.05, 0.1) is 0 Å². The van der Waals surface area contributed by atoms with Crippen LogP contribution in [0.25, 0.3) is 0 Å². The van der Waals surface area contributed by atoms with Crippen LogP contribution in [0.2, 0.25) is 0 Å². The summed E-state index contributed by atoms with van der Waals surface area (Å²) in [4.78, 5) is 3.94. The Labute approximate surface area is 66.6 Å². The summed E-state index contributed by atoms with van der Waals surface area (Å²) in [5, 5.41) is 0. The fourth-order valence-corrected chi connectivity index (χ4v) is 2.03. The second-order valence-electron chi connectivity index (χ2n) is 2.63. The van der Waals surface area contributed by atoms with Crippen molar-refractivity contribution in [2.45, 2.75) is 26.2 Å². The standard InChI is InChI=1S/C8H15NS/c1-3-6-9-7-4-5-8(9)10-2/h2-7H2,1H3. The minimum Gasteiger partial charge on any atom is -0.270 e. The SMILES string of the molecule is C=S=C1CCCN1CCC. The van der Waals surface area contributed by atoms with E-state index in [1.807, 2.05) is 0 Å². The van der Waals surface area contributed by atoms with E-state index in [-0.39, 0.29) is 0 Å². The van der Waals surface area contributed by atoms with Crippen LogP contribution in [-0.4, -0.2) is 28.8 Å². The lowest BCUT2D eigenvalue weighted by atomic mass is 10.4. The molecule has 10 heavy (non-hydrogen) atoms. The summed E-state index contributed by atoms with van der Waals surface area (Å²) in [6.07, 6.45) is 3.84. The summed E-state index contributed by atoms with van der Waals surface area (Å²) in [6, 6.07) is 0. The topological polar surface area (TPSA) is 3.24 Å². The Bertz CT molecular complexity index is 159. The van der Waals surface area contributed by atoms with Gasteiger partial charge in [0, 0.05) is 18.1 Å². The van der Waals surface area contributed by atoms with Crippen LogP contribution in [0.4, 0.5) is 0 Å². The molecule has 1 fully saturated rings. The number of rotatable bonds is 2. The Morgan fingerprint density at radius 1 is 1.70 bits per heavy atom. The second-order valence-corrected chi connectivity index (χ2v) is 3.39. The molecule has 1 nitrogen and oxygen atoms in total. The van der Waals surface area contributed by atoms with Crippen molar-refractivity contribution in [3.05, 3.63) is 0 Å². The molecule has 1 aliphatic rings. The Kier molecular flexibility index (Phi) is 3.16. The quantitative estimate of drug-likeness (QED) is 0.552. The van der Waals surface area contributed by atoms with E-state index in [0.717, 1.165) is 0 Å². The van der Waals surface area contributed by atoms with Crippen molar-refractivity contribution < 1.29 is 0 Å². The first kappa shape index (κ1) is 8.02. The van der Waals surface area contributed by atoms with Gasteiger partial charge in [-0.15, -0.1) is 10.9 Å². The fourth-order valence-electron chi connectivity index (χ4n) is 1.37. The first-order valence-corrected chi connectivity index (χ1v) is 4.90. The van der Waals surface area contributed by atoms with Crippen molar-refractivity contribution in [2.75, 3.05) is 13.1 Å². The van der Waals surface area contributed by atoms with Gasteiger partial charge in [0.2, 0.25) is 0 Å². The number of nitrogens with zero attached hydrogens (tertiary/aromatic N) is 1. The van der Waals surface area contributed by atoms with Gasteiger partial charge in [-0.1, -0.05) is 6.92 Å². The summed E-state index contributed by atoms with van der Waals surface area (Å²) in [5.74, 6) is 3.84.